The van der Waals surface area contributed by atoms with Crippen molar-refractivity contribution in [2.24, 2.45) is 0 Å². The molecule has 2 heterocycles. The molecule has 176 valence electrons. The van der Waals surface area contributed by atoms with E-state index in [-0.39, 0.29) is 17.0 Å². The number of carbonyl (C=O) groups excluding carboxylic acids is 1. The van der Waals surface area contributed by atoms with Gasteiger partial charge in [0.15, 0.2) is 0 Å². The molecule has 0 saturated carbocycles. The SMILES string of the molecule is CCN1CCN(Cc2c(O)ccc3oc(C)c(C(=O)Nc4cccc(C(F)(F)F)c4)c23)CC1. The van der Waals surface area contributed by atoms with Crippen molar-refractivity contribution >= 4 is 22.6 Å². The van der Waals surface area contributed by atoms with Crippen LogP contribution >= 0.6 is 0 Å². The molecule has 0 aliphatic carbocycles. The summed E-state index contributed by atoms with van der Waals surface area (Å²) in [5, 5.41) is 13.7. The van der Waals surface area contributed by atoms with Gasteiger partial charge in [-0.05, 0) is 43.8 Å². The molecule has 0 bridgehead atoms. The molecule has 1 aromatic heterocycles. The molecule has 0 radical (unpaired) electrons. The van der Waals surface area contributed by atoms with Crippen molar-refractivity contribution in [3.63, 3.8) is 0 Å². The molecule has 0 spiro atoms. The lowest BCUT2D eigenvalue weighted by Gasteiger charge is -2.34. The largest absolute Gasteiger partial charge is 0.508 e. The van der Waals surface area contributed by atoms with Crippen LogP contribution in [0.3, 0.4) is 0 Å². The van der Waals surface area contributed by atoms with Gasteiger partial charge in [0, 0.05) is 49.4 Å². The smallest absolute Gasteiger partial charge is 0.416 e. The third kappa shape index (κ3) is 4.84. The Balaban J connectivity index is 1.66. The van der Waals surface area contributed by atoms with Crippen LogP contribution in [0.4, 0.5) is 18.9 Å². The highest BCUT2D eigenvalue weighted by atomic mass is 19.4. The van der Waals surface area contributed by atoms with Crippen LogP contribution in [0.1, 0.15) is 34.2 Å². The van der Waals surface area contributed by atoms with Gasteiger partial charge < -0.3 is 19.7 Å². The lowest BCUT2D eigenvalue weighted by molar-refractivity contribution is -0.137. The highest BCUT2D eigenvalue weighted by Crippen LogP contribution is 2.36. The maximum atomic E-state index is 13.2. The Kier molecular flexibility index (Phi) is 6.36. The quantitative estimate of drug-likeness (QED) is 0.568. The van der Waals surface area contributed by atoms with Crippen LogP contribution < -0.4 is 5.32 Å². The average molecular weight is 461 g/mol. The van der Waals surface area contributed by atoms with E-state index in [1.165, 1.54) is 18.2 Å². The van der Waals surface area contributed by atoms with Crippen LogP contribution in [-0.2, 0) is 12.7 Å². The van der Waals surface area contributed by atoms with Crippen molar-refractivity contribution in [1.82, 2.24) is 9.80 Å². The molecule has 1 saturated heterocycles. The van der Waals surface area contributed by atoms with Crippen molar-refractivity contribution < 1.29 is 27.5 Å². The number of aryl methyl sites for hydroxylation is 1. The van der Waals surface area contributed by atoms with E-state index in [1.54, 1.807) is 13.0 Å². The van der Waals surface area contributed by atoms with E-state index in [9.17, 15) is 23.1 Å². The fourth-order valence-electron chi connectivity index (χ4n) is 4.25. The number of phenolic OH excluding ortho intramolecular Hbond substituents is 1. The number of rotatable bonds is 5. The number of piperazine rings is 1. The Labute approximate surface area is 189 Å². The number of hydrogen-bond acceptors (Lipinski definition) is 5. The number of alkyl halides is 3. The van der Waals surface area contributed by atoms with E-state index >= 15 is 0 Å². The minimum Gasteiger partial charge on any atom is -0.508 e. The molecule has 1 fully saturated rings. The number of amides is 1. The van der Waals surface area contributed by atoms with E-state index in [0.717, 1.165) is 44.9 Å². The Morgan fingerprint density at radius 3 is 2.48 bits per heavy atom. The molecule has 33 heavy (non-hydrogen) atoms. The monoisotopic (exact) mass is 461 g/mol. The van der Waals surface area contributed by atoms with Gasteiger partial charge in [0.2, 0.25) is 0 Å². The van der Waals surface area contributed by atoms with Crippen LogP contribution in [0.5, 0.6) is 5.75 Å². The van der Waals surface area contributed by atoms with E-state index in [0.29, 0.717) is 28.8 Å². The first-order valence-electron chi connectivity index (χ1n) is 10.8. The van der Waals surface area contributed by atoms with Crippen molar-refractivity contribution in [2.75, 3.05) is 38.0 Å². The first kappa shape index (κ1) is 23.1. The highest BCUT2D eigenvalue weighted by molar-refractivity contribution is 6.14. The standard InChI is InChI=1S/C24H26F3N3O3/c1-3-29-9-11-30(12-10-29)14-18-19(31)7-8-20-22(18)21(15(2)33-20)23(32)28-17-6-4-5-16(13-17)24(25,26)27/h4-8,13,31H,3,9-12,14H2,1-2H3,(H,28,32). The number of carbonyl (C=O) groups is 1. The lowest BCUT2D eigenvalue weighted by atomic mass is 10.0. The van der Waals surface area contributed by atoms with Gasteiger partial charge in [0.25, 0.3) is 5.91 Å². The summed E-state index contributed by atoms with van der Waals surface area (Å²) in [5.41, 5.74) is 0.408. The third-order valence-electron chi connectivity index (χ3n) is 6.08. The zero-order chi connectivity index (χ0) is 23.8. The third-order valence-corrected chi connectivity index (χ3v) is 6.08. The van der Waals surface area contributed by atoms with Gasteiger partial charge in [0.05, 0.1) is 11.1 Å². The van der Waals surface area contributed by atoms with Crippen LogP contribution in [-0.4, -0.2) is 53.5 Å². The molecular formula is C24H26F3N3O3. The molecule has 0 atom stereocenters. The van der Waals surface area contributed by atoms with Gasteiger partial charge in [-0.2, -0.15) is 13.2 Å². The summed E-state index contributed by atoms with van der Waals surface area (Å²) in [5.74, 6) is -0.209. The summed E-state index contributed by atoms with van der Waals surface area (Å²) in [6.45, 7) is 8.65. The molecule has 4 rings (SSSR count). The fraction of sp³-hybridized carbons (Fsp3) is 0.375. The Bertz CT molecular complexity index is 1160. The number of hydrogen-bond donors (Lipinski definition) is 2. The zero-order valence-corrected chi connectivity index (χ0v) is 18.5. The topological polar surface area (TPSA) is 69.0 Å². The Morgan fingerprint density at radius 2 is 1.82 bits per heavy atom. The molecule has 3 aromatic rings. The van der Waals surface area contributed by atoms with E-state index in [4.69, 9.17) is 4.42 Å². The van der Waals surface area contributed by atoms with Crippen LogP contribution in [0.15, 0.2) is 40.8 Å². The molecule has 9 heteroatoms. The molecule has 1 aliphatic rings. The van der Waals surface area contributed by atoms with E-state index < -0.39 is 17.6 Å². The summed E-state index contributed by atoms with van der Waals surface area (Å²) in [4.78, 5) is 17.7. The number of likely N-dealkylation sites (N-methyl/N-ethyl adjacent to an activating group) is 1. The number of benzene rings is 2. The van der Waals surface area contributed by atoms with Gasteiger partial charge in [-0.1, -0.05) is 13.0 Å². The minimum atomic E-state index is -4.51. The second kappa shape index (κ2) is 9.07. The second-order valence-corrected chi connectivity index (χ2v) is 8.21. The van der Waals surface area contributed by atoms with E-state index in [2.05, 4.69) is 22.0 Å². The van der Waals surface area contributed by atoms with Crippen molar-refractivity contribution in [2.45, 2.75) is 26.6 Å². The minimum absolute atomic E-state index is 0.0287. The molecule has 1 amide bonds. The first-order chi connectivity index (χ1) is 15.7. The maximum Gasteiger partial charge on any atom is 0.416 e. The molecule has 6 nitrogen and oxygen atoms in total. The predicted molar refractivity (Wildman–Crippen MR) is 119 cm³/mol. The maximum absolute atomic E-state index is 13.2. The van der Waals surface area contributed by atoms with Crippen LogP contribution in [0.2, 0.25) is 0 Å². The van der Waals surface area contributed by atoms with Crippen molar-refractivity contribution in [1.29, 1.82) is 0 Å². The molecular weight excluding hydrogens is 435 g/mol. The van der Waals surface area contributed by atoms with Gasteiger partial charge >= 0.3 is 6.18 Å². The van der Waals surface area contributed by atoms with E-state index in [1.807, 2.05) is 0 Å². The Hall–Kier alpha value is -3.04. The molecule has 2 N–H and O–H groups in total. The zero-order valence-electron chi connectivity index (χ0n) is 18.5. The number of aromatic hydroxyl groups is 1. The lowest BCUT2D eigenvalue weighted by Crippen LogP contribution is -2.45. The van der Waals surface area contributed by atoms with Gasteiger partial charge in [-0.25, -0.2) is 0 Å². The second-order valence-electron chi connectivity index (χ2n) is 8.21. The van der Waals surface area contributed by atoms with Gasteiger partial charge in [-0.3, -0.25) is 9.69 Å². The molecule has 2 aromatic carbocycles. The number of furan rings is 1. The summed E-state index contributed by atoms with van der Waals surface area (Å²) in [7, 11) is 0. The molecule has 1 aliphatic heterocycles. The summed E-state index contributed by atoms with van der Waals surface area (Å²) in [6.07, 6.45) is -4.51. The number of halogens is 3. The molecule has 0 unspecified atom stereocenters. The van der Waals surface area contributed by atoms with Crippen LogP contribution in [0.25, 0.3) is 11.0 Å². The number of nitrogens with zero attached hydrogens (tertiary/aromatic N) is 2. The van der Waals surface area contributed by atoms with Gasteiger partial charge in [0.1, 0.15) is 17.1 Å². The summed E-state index contributed by atoms with van der Waals surface area (Å²) < 4.78 is 44.9. The Morgan fingerprint density at radius 1 is 1.12 bits per heavy atom. The number of anilines is 1. The average Bonchev–Trinajstić information content (AvgIpc) is 3.12. The predicted octanol–water partition coefficient (Wildman–Crippen LogP) is 4.86. The number of nitrogens with one attached hydrogen (secondary N) is 1. The fourth-order valence-corrected chi connectivity index (χ4v) is 4.25. The number of phenols is 1. The van der Waals surface area contributed by atoms with Crippen molar-refractivity contribution in [3.05, 3.63) is 58.8 Å². The van der Waals surface area contributed by atoms with Crippen LogP contribution in [0, 0.1) is 6.92 Å². The normalized spacial score (nSPS) is 15.8. The first-order valence-corrected chi connectivity index (χ1v) is 10.8. The van der Waals surface area contributed by atoms with Crippen molar-refractivity contribution in [3.8, 4) is 5.75 Å². The number of fused-ring (bicyclic) bond motifs is 1. The summed E-state index contributed by atoms with van der Waals surface area (Å²) >= 11 is 0. The van der Waals surface area contributed by atoms with Gasteiger partial charge in [-0.15, -0.1) is 0 Å². The summed E-state index contributed by atoms with van der Waals surface area (Å²) in [6, 6.07) is 7.61. The highest BCUT2D eigenvalue weighted by Gasteiger charge is 2.31.